The maximum absolute atomic E-state index is 5.36. The van der Waals surface area contributed by atoms with Crippen molar-refractivity contribution in [1.82, 2.24) is 9.97 Å². The molecular weight excluding hydrogens is 226 g/mol. The molecule has 1 saturated carbocycles. The van der Waals surface area contributed by atoms with Crippen LogP contribution in [-0.4, -0.2) is 23.1 Å². The van der Waals surface area contributed by atoms with Gasteiger partial charge in [-0.2, -0.15) is 4.98 Å². The summed E-state index contributed by atoms with van der Waals surface area (Å²) < 4.78 is 5.36. The van der Waals surface area contributed by atoms with E-state index in [1.807, 2.05) is 6.92 Å². The fraction of sp³-hybridized carbons (Fsp3) is 0.714. The number of nitrogens with one attached hydrogen (secondary N) is 1. The van der Waals surface area contributed by atoms with E-state index in [2.05, 4.69) is 22.2 Å². The Hall–Kier alpha value is -1.32. The zero-order valence-electron chi connectivity index (χ0n) is 11.4. The zero-order valence-corrected chi connectivity index (χ0v) is 11.4. The molecule has 4 heteroatoms. The summed E-state index contributed by atoms with van der Waals surface area (Å²) in [7, 11) is 0. The zero-order chi connectivity index (χ0) is 12.8. The van der Waals surface area contributed by atoms with Crippen LogP contribution in [0, 0.1) is 11.8 Å². The normalized spacial score (nSPS) is 23.7. The van der Waals surface area contributed by atoms with Crippen LogP contribution in [0.4, 0.5) is 5.95 Å². The van der Waals surface area contributed by atoms with Crippen molar-refractivity contribution in [2.24, 2.45) is 11.8 Å². The molecule has 1 N–H and O–H groups in total. The van der Waals surface area contributed by atoms with Crippen LogP contribution in [0.3, 0.4) is 0 Å². The molecule has 18 heavy (non-hydrogen) atoms. The molecule has 0 radical (unpaired) electrons. The Morgan fingerprint density at radius 2 is 2.11 bits per heavy atom. The lowest BCUT2D eigenvalue weighted by Gasteiger charge is -2.26. The summed E-state index contributed by atoms with van der Waals surface area (Å²) in [5, 5.41) is 3.33. The van der Waals surface area contributed by atoms with Gasteiger partial charge in [-0.25, -0.2) is 4.98 Å². The van der Waals surface area contributed by atoms with E-state index in [0.717, 1.165) is 18.4 Å². The van der Waals surface area contributed by atoms with Gasteiger partial charge in [0.15, 0.2) is 0 Å². The van der Waals surface area contributed by atoms with Crippen molar-refractivity contribution in [2.75, 3.05) is 18.5 Å². The van der Waals surface area contributed by atoms with Crippen molar-refractivity contribution in [3.8, 4) is 5.88 Å². The third-order valence-electron chi connectivity index (χ3n) is 3.61. The lowest BCUT2D eigenvalue weighted by atomic mass is 9.83. The molecule has 1 aliphatic carbocycles. The Kier molecular flexibility index (Phi) is 4.79. The fourth-order valence-electron chi connectivity index (χ4n) is 2.42. The van der Waals surface area contributed by atoms with Crippen LogP contribution in [0.2, 0.25) is 0 Å². The highest BCUT2D eigenvalue weighted by Crippen LogP contribution is 2.28. The van der Waals surface area contributed by atoms with E-state index < -0.39 is 0 Å². The summed E-state index contributed by atoms with van der Waals surface area (Å²) >= 11 is 0. The van der Waals surface area contributed by atoms with Gasteiger partial charge >= 0.3 is 0 Å². The van der Waals surface area contributed by atoms with Crippen LogP contribution >= 0.6 is 0 Å². The highest BCUT2D eigenvalue weighted by atomic mass is 16.5. The summed E-state index contributed by atoms with van der Waals surface area (Å²) in [4.78, 5) is 8.54. The SMILES string of the molecule is CCOc1ccnc(NCC2CCC(C)CC2)n1. The Balaban J connectivity index is 1.80. The molecule has 4 nitrogen and oxygen atoms in total. The average Bonchev–Trinajstić information content (AvgIpc) is 2.39. The smallest absolute Gasteiger partial charge is 0.225 e. The van der Waals surface area contributed by atoms with Crippen molar-refractivity contribution in [3.05, 3.63) is 12.3 Å². The van der Waals surface area contributed by atoms with Crippen molar-refractivity contribution in [3.63, 3.8) is 0 Å². The second kappa shape index (κ2) is 6.57. The molecule has 1 aromatic rings. The van der Waals surface area contributed by atoms with Gasteiger partial charge in [0, 0.05) is 18.8 Å². The Bertz CT molecular complexity index is 362. The summed E-state index contributed by atoms with van der Waals surface area (Å²) in [6, 6.07) is 1.79. The topological polar surface area (TPSA) is 47.0 Å². The largest absolute Gasteiger partial charge is 0.478 e. The van der Waals surface area contributed by atoms with Gasteiger partial charge in [-0.3, -0.25) is 0 Å². The molecule has 1 heterocycles. The molecule has 0 atom stereocenters. The minimum absolute atomic E-state index is 0.636. The highest BCUT2D eigenvalue weighted by Gasteiger charge is 2.18. The molecule has 1 aromatic heterocycles. The molecule has 0 unspecified atom stereocenters. The predicted octanol–water partition coefficient (Wildman–Crippen LogP) is 3.11. The minimum Gasteiger partial charge on any atom is -0.478 e. The molecule has 0 amide bonds. The Morgan fingerprint density at radius 1 is 1.33 bits per heavy atom. The number of hydrogen-bond acceptors (Lipinski definition) is 4. The van der Waals surface area contributed by atoms with Gasteiger partial charge in [-0.1, -0.05) is 19.8 Å². The van der Waals surface area contributed by atoms with Gasteiger partial charge in [0.2, 0.25) is 11.8 Å². The average molecular weight is 249 g/mol. The first-order valence-corrected chi connectivity index (χ1v) is 6.97. The van der Waals surface area contributed by atoms with Crippen LogP contribution in [0.15, 0.2) is 12.3 Å². The van der Waals surface area contributed by atoms with Crippen LogP contribution in [-0.2, 0) is 0 Å². The third-order valence-corrected chi connectivity index (χ3v) is 3.61. The second-order valence-corrected chi connectivity index (χ2v) is 5.16. The van der Waals surface area contributed by atoms with E-state index in [1.165, 1.54) is 25.7 Å². The quantitative estimate of drug-likeness (QED) is 0.871. The lowest BCUT2D eigenvalue weighted by Crippen LogP contribution is -2.21. The van der Waals surface area contributed by atoms with Crippen LogP contribution in [0.25, 0.3) is 0 Å². The summed E-state index contributed by atoms with van der Waals surface area (Å²) in [5.74, 6) is 2.99. The number of nitrogens with zero attached hydrogens (tertiary/aromatic N) is 2. The van der Waals surface area contributed by atoms with Gasteiger partial charge in [0.1, 0.15) is 0 Å². The fourth-order valence-corrected chi connectivity index (χ4v) is 2.42. The molecule has 0 aliphatic heterocycles. The van der Waals surface area contributed by atoms with Crippen LogP contribution in [0.5, 0.6) is 5.88 Å². The Labute approximate surface area is 109 Å². The lowest BCUT2D eigenvalue weighted by molar-refractivity contribution is 0.300. The summed E-state index contributed by atoms with van der Waals surface area (Å²) in [5.41, 5.74) is 0. The molecule has 0 spiro atoms. The van der Waals surface area contributed by atoms with Gasteiger partial charge in [0.05, 0.1) is 6.61 Å². The first kappa shape index (κ1) is 13.1. The number of ether oxygens (including phenoxy) is 1. The monoisotopic (exact) mass is 249 g/mol. The van der Waals surface area contributed by atoms with Gasteiger partial charge in [0.25, 0.3) is 0 Å². The van der Waals surface area contributed by atoms with Gasteiger partial charge < -0.3 is 10.1 Å². The predicted molar refractivity (Wildman–Crippen MR) is 72.8 cm³/mol. The summed E-state index contributed by atoms with van der Waals surface area (Å²) in [6.45, 7) is 5.91. The maximum atomic E-state index is 5.36. The van der Waals surface area contributed by atoms with E-state index in [-0.39, 0.29) is 0 Å². The Morgan fingerprint density at radius 3 is 2.83 bits per heavy atom. The molecule has 0 aromatic carbocycles. The van der Waals surface area contributed by atoms with Crippen molar-refractivity contribution >= 4 is 5.95 Å². The number of anilines is 1. The van der Waals surface area contributed by atoms with Crippen molar-refractivity contribution in [2.45, 2.75) is 39.5 Å². The van der Waals surface area contributed by atoms with E-state index in [9.17, 15) is 0 Å². The van der Waals surface area contributed by atoms with E-state index in [4.69, 9.17) is 4.74 Å². The first-order valence-electron chi connectivity index (χ1n) is 6.97. The standard InChI is InChI=1S/C14H23N3O/c1-3-18-13-8-9-15-14(17-13)16-10-12-6-4-11(2)5-7-12/h8-9,11-12H,3-7,10H2,1-2H3,(H,15,16,17). The molecule has 1 aliphatic rings. The van der Waals surface area contributed by atoms with Crippen molar-refractivity contribution < 1.29 is 4.74 Å². The highest BCUT2D eigenvalue weighted by molar-refractivity contribution is 5.27. The van der Waals surface area contributed by atoms with Crippen LogP contribution < -0.4 is 10.1 Å². The number of hydrogen-bond donors (Lipinski definition) is 1. The molecular formula is C14H23N3O. The third kappa shape index (κ3) is 3.86. The van der Waals surface area contributed by atoms with Crippen molar-refractivity contribution in [1.29, 1.82) is 0 Å². The van der Waals surface area contributed by atoms with Crippen LogP contribution in [0.1, 0.15) is 39.5 Å². The maximum Gasteiger partial charge on any atom is 0.225 e. The van der Waals surface area contributed by atoms with E-state index >= 15 is 0 Å². The molecule has 2 rings (SSSR count). The molecule has 1 fully saturated rings. The minimum atomic E-state index is 0.636. The molecule has 100 valence electrons. The van der Waals surface area contributed by atoms with Gasteiger partial charge in [-0.05, 0) is 31.6 Å². The number of aromatic nitrogens is 2. The first-order chi connectivity index (χ1) is 8.78. The second-order valence-electron chi connectivity index (χ2n) is 5.16. The van der Waals surface area contributed by atoms with E-state index in [0.29, 0.717) is 18.4 Å². The molecule has 0 saturated heterocycles. The van der Waals surface area contributed by atoms with Gasteiger partial charge in [-0.15, -0.1) is 0 Å². The number of rotatable bonds is 5. The van der Waals surface area contributed by atoms with E-state index in [1.54, 1.807) is 12.3 Å². The molecule has 0 bridgehead atoms. The summed E-state index contributed by atoms with van der Waals surface area (Å²) in [6.07, 6.45) is 7.08.